The monoisotopic (exact) mass is 347 g/mol. The molecule has 1 atom stereocenters. The minimum Gasteiger partial charge on any atom is -0.321 e. The minimum absolute atomic E-state index is 0.0374. The lowest BCUT2D eigenvalue weighted by molar-refractivity contribution is -0.122. The van der Waals surface area contributed by atoms with Gasteiger partial charge in [0.15, 0.2) is 0 Å². The Morgan fingerprint density at radius 1 is 1.19 bits per heavy atom. The molecule has 3 aromatic rings. The van der Waals surface area contributed by atoms with Gasteiger partial charge < -0.3 is 5.32 Å². The van der Waals surface area contributed by atoms with E-state index in [2.05, 4.69) is 20.7 Å². The molecule has 1 aliphatic heterocycles. The first-order valence-electron chi connectivity index (χ1n) is 8.80. The number of carbonyl (C=O) groups excluding carboxylic acids is 1. The van der Waals surface area contributed by atoms with Crippen molar-refractivity contribution >= 4 is 11.6 Å². The summed E-state index contributed by atoms with van der Waals surface area (Å²) in [5.74, 6) is -0.0374. The highest BCUT2D eigenvalue weighted by Gasteiger charge is 2.42. The van der Waals surface area contributed by atoms with Crippen LogP contribution in [0, 0.1) is 0 Å². The van der Waals surface area contributed by atoms with Crippen LogP contribution in [0.1, 0.15) is 24.0 Å². The number of nitrogens with zero attached hydrogens (tertiary/aromatic N) is 3. The number of hydrogen-bond donors (Lipinski definition) is 2. The van der Waals surface area contributed by atoms with Crippen molar-refractivity contribution in [3.8, 4) is 0 Å². The van der Waals surface area contributed by atoms with Crippen LogP contribution in [0.3, 0.4) is 0 Å². The number of nitrogens with one attached hydrogen (secondary N) is 2. The van der Waals surface area contributed by atoms with Crippen molar-refractivity contribution in [1.29, 1.82) is 0 Å². The zero-order valence-electron chi connectivity index (χ0n) is 14.4. The Bertz CT molecular complexity index is 869. The molecule has 6 heteroatoms. The van der Waals surface area contributed by atoms with Crippen LogP contribution in [0.5, 0.6) is 0 Å². The summed E-state index contributed by atoms with van der Waals surface area (Å²) in [5.41, 5.74) is 2.14. The third kappa shape index (κ3) is 3.23. The van der Waals surface area contributed by atoms with Gasteiger partial charge in [0, 0.05) is 18.6 Å². The highest BCUT2D eigenvalue weighted by molar-refractivity contribution is 5.99. The van der Waals surface area contributed by atoms with Crippen LogP contribution in [0.4, 0.5) is 5.69 Å². The predicted molar refractivity (Wildman–Crippen MR) is 99.6 cm³/mol. The van der Waals surface area contributed by atoms with Crippen LogP contribution in [0.25, 0.3) is 0 Å². The first-order chi connectivity index (χ1) is 12.8. The van der Waals surface area contributed by atoms with Gasteiger partial charge in [0.1, 0.15) is 5.54 Å². The molecular weight excluding hydrogens is 326 g/mol. The summed E-state index contributed by atoms with van der Waals surface area (Å²) in [6.45, 7) is 1.48. The number of aromatic nitrogens is 3. The lowest BCUT2D eigenvalue weighted by Gasteiger charge is -2.28. The maximum Gasteiger partial charge on any atom is 0.249 e. The number of amides is 1. The van der Waals surface area contributed by atoms with Crippen molar-refractivity contribution < 1.29 is 4.79 Å². The summed E-state index contributed by atoms with van der Waals surface area (Å²) in [4.78, 5) is 17.1. The second-order valence-corrected chi connectivity index (χ2v) is 6.54. The second kappa shape index (κ2) is 7.09. The van der Waals surface area contributed by atoms with E-state index in [4.69, 9.17) is 0 Å². The Balaban J connectivity index is 1.51. The van der Waals surface area contributed by atoms with Crippen molar-refractivity contribution in [2.24, 2.45) is 0 Å². The Kier molecular flexibility index (Phi) is 4.50. The van der Waals surface area contributed by atoms with E-state index in [9.17, 15) is 4.79 Å². The maximum absolute atomic E-state index is 13.1. The van der Waals surface area contributed by atoms with Gasteiger partial charge in [0.25, 0.3) is 0 Å². The average Bonchev–Trinajstić information content (AvgIpc) is 3.34. The van der Waals surface area contributed by atoms with Crippen molar-refractivity contribution in [1.82, 2.24) is 20.1 Å². The molecule has 0 saturated carbocycles. The number of rotatable bonds is 5. The van der Waals surface area contributed by atoms with E-state index in [0.29, 0.717) is 12.2 Å². The zero-order valence-corrected chi connectivity index (χ0v) is 14.4. The van der Waals surface area contributed by atoms with Gasteiger partial charge >= 0.3 is 0 Å². The molecule has 1 fully saturated rings. The number of benzene rings is 1. The Hall–Kier alpha value is -2.99. The van der Waals surface area contributed by atoms with Crippen molar-refractivity contribution in [2.75, 3.05) is 11.9 Å². The van der Waals surface area contributed by atoms with Gasteiger partial charge in [-0.1, -0.05) is 30.3 Å². The number of anilines is 1. The first-order valence-corrected chi connectivity index (χ1v) is 8.80. The van der Waals surface area contributed by atoms with E-state index >= 15 is 0 Å². The summed E-state index contributed by atoms with van der Waals surface area (Å²) in [5, 5.41) is 10.8. The van der Waals surface area contributed by atoms with Gasteiger partial charge in [0.2, 0.25) is 5.91 Å². The Morgan fingerprint density at radius 2 is 2.00 bits per heavy atom. The molecule has 4 rings (SSSR count). The van der Waals surface area contributed by atoms with Crippen molar-refractivity contribution in [2.45, 2.75) is 24.9 Å². The molecule has 3 heterocycles. The lowest BCUT2D eigenvalue weighted by atomic mass is 9.87. The quantitative estimate of drug-likeness (QED) is 0.744. The van der Waals surface area contributed by atoms with Crippen LogP contribution in [-0.2, 0) is 16.9 Å². The van der Waals surface area contributed by atoms with Gasteiger partial charge in [0.05, 0.1) is 18.4 Å². The van der Waals surface area contributed by atoms with E-state index in [0.717, 1.165) is 30.5 Å². The van der Waals surface area contributed by atoms with Crippen LogP contribution < -0.4 is 10.6 Å². The van der Waals surface area contributed by atoms with Gasteiger partial charge in [-0.2, -0.15) is 5.10 Å². The van der Waals surface area contributed by atoms with E-state index in [-0.39, 0.29) is 5.91 Å². The maximum atomic E-state index is 13.1. The van der Waals surface area contributed by atoms with E-state index < -0.39 is 5.54 Å². The molecule has 2 N–H and O–H groups in total. The molecule has 0 bridgehead atoms. The molecule has 1 aliphatic rings. The topological polar surface area (TPSA) is 71.8 Å². The summed E-state index contributed by atoms with van der Waals surface area (Å²) >= 11 is 0. The molecule has 1 amide bonds. The minimum atomic E-state index is -0.672. The molecule has 26 heavy (non-hydrogen) atoms. The molecule has 6 nitrogen and oxygen atoms in total. The SMILES string of the molecule is O=C(Nc1cnn(Cc2ccncc2)c1)C1(c2ccccc2)CCCN1. The van der Waals surface area contributed by atoms with Crippen LogP contribution in [0.15, 0.2) is 67.3 Å². The fourth-order valence-corrected chi connectivity index (χ4v) is 3.47. The summed E-state index contributed by atoms with van der Waals surface area (Å²) < 4.78 is 1.81. The zero-order chi connectivity index (χ0) is 17.8. The smallest absolute Gasteiger partial charge is 0.249 e. The van der Waals surface area contributed by atoms with Crippen molar-refractivity contribution in [3.63, 3.8) is 0 Å². The van der Waals surface area contributed by atoms with Crippen molar-refractivity contribution in [3.05, 3.63) is 78.4 Å². The van der Waals surface area contributed by atoms with Crippen LogP contribution in [0.2, 0.25) is 0 Å². The highest BCUT2D eigenvalue weighted by atomic mass is 16.2. The molecule has 132 valence electrons. The number of hydrogen-bond acceptors (Lipinski definition) is 4. The molecule has 0 aliphatic carbocycles. The number of carbonyl (C=O) groups is 1. The predicted octanol–water partition coefficient (Wildman–Crippen LogP) is 2.54. The van der Waals surface area contributed by atoms with Crippen LogP contribution >= 0.6 is 0 Å². The molecule has 1 saturated heterocycles. The summed E-state index contributed by atoms with van der Waals surface area (Å²) in [6, 6.07) is 13.8. The third-order valence-electron chi connectivity index (χ3n) is 4.79. The average molecular weight is 347 g/mol. The Morgan fingerprint density at radius 3 is 2.73 bits per heavy atom. The molecule has 0 radical (unpaired) electrons. The summed E-state index contributed by atoms with van der Waals surface area (Å²) in [7, 11) is 0. The van der Waals surface area contributed by atoms with E-state index in [1.807, 2.05) is 53.3 Å². The largest absolute Gasteiger partial charge is 0.321 e. The molecule has 2 aromatic heterocycles. The fraction of sp³-hybridized carbons (Fsp3) is 0.250. The molecule has 0 spiro atoms. The second-order valence-electron chi connectivity index (χ2n) is 6.54. The van der Waals surface area contributed by atoms with Crippen LogP contribution in [-0.4, -0.2) is 27.2 Å². The molecule has 1 aromatic carbocycles. The Labute approximate surface area is 152 Å². The standard InChI is InChI=1S/C20H21N5O/c26-19(20(9-4-10-22-20)17-5-2-1-3-6-17)24-18-13-23-25(15-18)14-16-7-11-21-12-8-16/h1-3,5-8,11-13,15,22H,4,9-10,14H2,(H,24,26). The highest BCUT2D eigenvalue weighted by Crippen LogP contribution is 2.32. The lowest BCUT2D eigenvalue weighted by Crippen LogP contribution is -2.47. The van der Waals surface area contributed by atoms with Gasteiger partial charge in [-0.25, -0.2) is 0 Å². The van der Waals surface area contributed by atoms with Gasteiger partial charge in [-0.15, -0.1) is 0 Å². The van der Waals surface area contributed by atoms with Gasteiger partial charge in [-0.05, 0) is 42.6 Å². The fourth-order valence-electron chi connectivity index (χ4n) is 3.47. The van der Waals surface area contributed by atoms with E-state index in [1.54, 1.807) is 18.6 Å². The van der Waals surface area contributed by atoms with Gasteiger partial charge in [-0.3, -0.25) is 19.8 Å². The van der Waals surface area contributed by atoms with E-state index in [1.165, 1.54) is 0 Å². The normalized spacial score (nSPS) is 19.4. The molecule has 1 unspecified atom stereocenters. The number of pyridine rings is 1. The summed E-state index contributed by atoms with van der Waals surface area (Å²) in [6.07, 6.45) is 8.82. The molecular formula is C20H21N5O. The first kappa shape index (κ1) is 16.5. The third-order valence-corrected chi connectivity index (χ3v) is 4.79.